The third-order valence-corrected chi connectivity index (χ3v) is 3.67. The van der Waals surface area contributed by atoms with Crippen molar-refractivity contribution in [1.29, 1.82) is 0 Å². The van der Waals surface area contributed by atoms with Gasteiger partial charge in [-0.2, -0.15) is 0 Å². The molecule has 1 aliphatic rings. The van der Waals surface area contributed by atoms with Crippen molar-refractivity contribution >= 4 is 11.8 Å². The molecule has 0 aromatic heterocycles. The maximum Gasteiger partial charge on any atom is 0.303 e. The molecule has 1 aliphatic carbocycles. The molecule has 1 rings (SSSR count). The first-order valence-electron chi connectivity index (χ1n) is 7.81. The van der Waals surface area contributed by atoms with Gasteiger partial charge in [-0.15, -0.1) is 0 Å². The summed E-state index contributed by atoms with van der Waals surface area (Å²) in [7, 11) is 0. The molecule has 4 nitrogen and oxygen atoms in total. The Morgan fingerprint density at radius 1 is 1.10 bits per heavy atom. The van der Waals surface area contributed by atoms with E-state index >= 15 is 0 Å². The van der Waals surface area contributed by atoms with E-state index in [9.17, 15) is 9.59 Å². The minimum Gasteiger partial charge on any atom is -0.447 e. The van der Waals surface area contributed by atoms with E-state index in [-0.39, 0.29) is 12.4 Å². The summed E-state index contributed by atoms with van der Waals surface area (Å²) in [5.41, 5.74) is -1.09. The highest BCUT2D eigenvalue weighted by Gasteiger charge is 2.37. The molecule has 0 bridgehead atoms. The smallest absolute Gasteiger partial charge is 0.303 e. The van der Waals surface area contributed by atoms with Gasteiger partial charge in [-0.3, -0.25) is 9.59 Å². The van der Waals surface area contributed by atoms with Gasteiger partial charge >= 0.3 is 5.97 Å². The SMILES string of the molecule is CC(=O)OC1(CCCCCCCCCO)C=CC=CC1=O. The van der Waals surface area contributed by atoms with Crippen LogP contribution in [0.3, 0.4) is 0 Å². The van der Waals surface area contributed by atoms with Gasteiger partial charge in [-0.1, -0.05) is 44.3 Å². The van der Waals surface area contributed by atoms with Gasteiger partial charge in [0, 0.05) is 13.5 Å². The van der Waals surface area contributed by atoms with E-state index in [1.165, 1.54) is 13.0 Å². The maximum absolute atomic E-state index is 12.1. The Bertz CT molecular complexity index is 398. The molecule has 4 heteroatoms. The van der Waals surface area contributed by atoms with Crippen LogP contribution in [0, 0.1) is 0 Å². The van der Waals surface area contributed by atoms with Crippen LogP contribution < -0.4 is 0 Å². The average molecular weight is 294 g/mol. The van der Waals surface area contributed by atoms with Crippen molar-refractivity contribution in [2.45, 2.75) is 63.9 Å². The van der Waals surface area contributed by atoms with E-state index in [0.717, 1.165) is 44.9 Å². The molecular weight excluding hydrogens is 268 g/mol. The Balaban J connectivity index is 2.31. The lowest BCUT2D eigenvalue weighted by atomic mass is 9.87. The second kappa shape index (κ2) is 9.50. The zero-order valence-electron chi connectivity index (χ0n) is 12.8. The van der Waals surface area contributed by atoms with Crippen LogP contribution in [0.15, 0.2) is 24.3 Å². The summed E-state index contributed by atoms with van der Waals surface area (Å²) in [4.78, 5) is 23.3. The first-order valence-corrected chi connectivity index (χ1v) is 7.81. The zero-order valence-corrected chi connectivity index (χ0v) is 12.8. The predicted octanol–water partition coefficient (Wildman–Crippen LogP) is 3.10. The summed E-state index contributed by atoms with van der Waals surface area (Å²) in [5, 5.41) is 8.69. The topological polar surface area (TPSA) is 63.6 Å². The highest BCUT2D eigenvalue weighted by molar-refractivity contribution is 6.01. The van der Waals surface area contributed by atoms with Gasteiger partial charge in [0.2, 0.25) is 5.78 Å². The van der Waals surface area contributed by atoms with Gasteiger partial charge in [-0.25, -0.2) is 0 Å². The number of ketones is 1. The number of aliphatic hydroxyl groups excluding tert-OH is 1. The van der Waals surface area contributed by atoms with Crippen molar-refractivity contribution in [2.24, 2.45) is 0 Å². The van der Waals surface area contributed by atoms with Crippen LogP contribution in [-0.2, 0) is 14.3 Å². The molecule has 0 saturated carbocycles. The van der Waals surface area contributed by atoms with Crippen LogP contribution in [0.4, 0.5) is 0 Å². The Hall–Kier alpha value is -1.42. The lowest BCUT2D eigenvalue weighted by Crippen LogP contribution is -2.41. The van der Waals surface area contributed by atoms with Gasteiger partial charge in [-0.05, 0) is 31.4 Å². The lowest BCUT2D eigenvalue weighted by molar-refractivity contribution is -0.159. The van der Waals surface area contributed by atoms with Crippen molar-refractivity contribution < 1.29 is 19.4 Å². The van der Waals surface area contributed by atoms with Crippen LogP contribution in [0.2, 0.25) is 0 Å². The van der Waals surface area contributed by atoms with Crippen molar-refractivity contribution in [3.63, 3.8) is 0 Å². The normalized spacial score (nSPS) is 20.8. The molecule has 0 fully saturated rings. The molecule has 0 aromatic rings. The number of aliphatic hydroxyl groups is 1. The third kappa shape index (κ3) is 6.25. The molecule has 0 aromatic carbocycles. The summed E-state index contributed by atoms with van der Waals surface area (Å²) in [6.45, 7) is 1.61. The molecular formula is C17H26O4. The summed E-state index contributed by atoms with van der Waals surface area (Å²) < 4.78 is 5.30. The van der Waals surface area contributed by atoms with Crippen LogP contribution in [0.5, 0.6) is 0 Å². The highest BCUT2D eigenvalue weighted by Crippen LogP contribution is 2.26. The predicted molar refractivity (Wildman–Crippen MR) is 81.8 cm³/mol. The zero-order chi connectivity index (χ0) is 15.6. The Morgan fingerprint density at radius 2 is 1.71 bits per heavy atom. The number of esters is 1. The molecule has 0 radical (unpaired) electrons. The van der Waals surface area contributed by atoms with E-state index in [0.29, 0.717) is 6.42 Å². The fourth-order valence-corrected chi connectivity index (χ4v) is 2.56. The van der Waals surface area contributed by atoms with Crippen molar-refractivity contribution in [3.8, 4) is 0 Å². The molecule has 0 amide bonds. The minimum atomic E-state index is -1.09. The van der Waals surface area contributed by atoms with Gasteiger partial charge in [0.1, 0.15) is 0 Å². The van der Waals surface area contributed by atoms with Crippen LogP contribution in [-0.4, -0.2) is 29.1 Å². The second-order valence-electron chi connectivity index (χ2n) is 5.51. The first kappa shape index (κ1) is 17.6. The molecule has 0 spiro atoms. The van der Waals surface area contributed by atoms with Crippen molar-refractivity contribution in [3.05, 3.63) is 24.3 Å². The summed E-state index contributed by atoms with van der Waals surface area (Å²) in [6, 6.07) is 0. The number of hydrogen-bond donors (Lipinski definition) is 1. The number of allylic oxidation sites excluding steroid dienone is 2. The molecule has 1 atom stereocenters. The largest absolute Gasteiger partial charge is 0.447 e. The fourth-order valence-electron chi connectivity index (χ4n) is 2.56. The summed E-state index contributed by atoms with van der Waals surface area (Å²) in [5.74, 6) is -0.574. The number of rotatable bonds is 10. The molecule has 21 heavy (non-hydrogen) atoms. The minimum absolute atomic E-state index is 0.150. The molecule has 0 heterocycles. The highest BCUT2D eigenvalue weighted by atomic mass is 16.6. The van der Waals surface area contributed by atoms with Gasteiger partial charge in [0.05, 0.1) is 0 Å². The second-order valence-corrected chi connectivity index (χ2v) is 5.51. The average Bonchev–Trinajstić information content (AvgIpc) is 2.44. The molecule has 1 unspecified atom stereocenters. The molecule has 118 valence electrons. The first-order chi connectivity index (χ1) is 10.1. The monoisotopic (exact) mass is 294 g/mol. The van der Waals surface area contributed by atoms with Crippen LogP contribution in [0.25, 0.3) is 0 Å². The van der Waals surface area contributed by atoms with E-state index in [4.69, 9.17) is 9.84 Å². The molecule has 0 saturated heterocycles. The maximum atomic E-state index is 12.1. The van der Waals surface area contributed by atoms with Crippen LogP contribution >= 0.6 is 0 Å². The van der Waals surface area contributed by atoms with Gasteiger partial charge in [0.25, 0.3) is 0 Å². The van der Waals surface area contributed by atoms with Crippen molar-refractivity contribution in [1.82, 2.24) is 0 Å². The van der Waals surface area contributed by atoms with Crippen LogP contribution in [0.1, 0.15) is 58.3 Å². The third-order valence-electron chi connectivity index (χ3n) is 3.67. The number of hydrogen-bond acceptors (Lipinski definition) is 4. The number of ether oxygens (including phenoxy) is 1. The Labute approximate surface area is 126 Å². The summed E-state index contributed by atoms with van der Waals surface area (Å²) in [6.07, 6.45) is 14.4. The molecule has 0 aliphatic heterocycles. The van der Waals surface area contributed by atoms with E-state index in [1.54, 1.807) is 18.2 Å². The van der Waals surface area contributed by atoms with E-state index in [1.807, 2.05) is 0 Å². The fraction of sp³-hybridized carbons (Fsp3) is 0.647. The quantitative estimate of drug-likeness (QED) is 0.497. The molecule has 1 N–H and O–H groups in total. The summed E-state index contributed by atoms with van der Waals surface area (Å²) >= 11 is 0. The van der Waals surface area contributed by atoms with E-state index < -0.39 is 11.6 Å². The standard InChI is InChI=1S/C17H26O4/c1-15(19)21-17(13-9-7-11-16(17)20)12-8-5-3-2-4-6-10-14-18/h7,9,11,13,18H,2-6,8,10,12,14H2,1H3. The number of carbonyl (C=O) groups excluding carboxylic acids is 2. The Morgan fingerprint density at radius 3 is 2.29 bits per heavy atom. The van der Waals surface area contributed by atoms with Gasteiger partial charge < -0.3 is 9.84 Å². The van der Waals surface area contributed by atoms with Crippen molar-refractivity contribution in [2.75, 3.05) is 6.61 Å². The number of carbonyl (C=O) groups is 2. The van der Waals surface area contributed by atoms with Gasteiger partial charge in [0.15, 0.2) is 5.60 Å². The Kier molecular flexibility index (Phi) is 7.98. The lowest BCUT2D eigenvalue weighted by Gasteiger charge is -2.29. The van der Waals surface area contributed by atoms with E-state index in [2.05, 4.69) is 0 Å². The number of unbranched alkanes of at least 4 members (excludes halogenated alkanes) is 6.